The maximum absolute atomic E-state index is 6.10. The van der Waals surface area contributed by atoms with Gasteiger partial charge >= 0.3 is 0 Å². The van der Waals surface area contributed by atoms with Crippen molar-refractivity contribution in [2.24, 2.45) is 0 Å². The van der Waals surface area contributed by atoms with Crippen molar-refractivity contribution in [1.82, 2.24) is 24.6 Å². The lowest BCUT2D eigenvalue weighted by molar-refractivity contribution is 0.910. The third-order valence-corrected chi connectivity index (χ3v) is 4.54. The first-order valence-electron chi connectivity index (χ1n) is 8.91. The largest absolute Gasteiger partial charge is 0.364 e. The first-order chi connectivity index (χ1) is 13.5. The van der Waals surface area contributed by atoms with E-state index in [2.05, 4.69) is 36.8 Å². The average molecular weight is 394 g/mol. The van der Waals surface area contributed by atoms with Crippen molar-refractivity contribution in [3.8, 4) is 0 Å². The molecule has 0 saturated heterocycles. The Balaban J connectivity index is 1.63. The molecular formula is C20H20ClN7. The van der Waals surface area contributed by atoms with Crippen LogP contribution < -0.4 is 10.6 Å². The first kappa shape index (κ1) is 18.2. The van der Waals surface area contributed by atoms with Gasteiger partial charge in [-0.2, -0.15) is 9.50 Å². The zero-order valence-corrected chi connectivity index (χ0v) is 16.6. The molecule has 8 heteroatoms. The molecular weight excluding hydrogens is 374 g/mol. The van der Waals surface area contributed by atoms with Crippen LogP contribution in [0.15, 0.2) is 42.6 Å². The fourth-order valence-electron chi connectivity index (χ4n) is 2.89. The van der Waals surface area contributed by atoms with Crippen molar-refractivity contribution in [1.29, 1.82) is 0 Å². The lowest BCUT2D eigenvalue weighted by Gasteiger charge is -2.08. The van der Waals surface area contributed by atoms with E-state index in [9.17, 15) is 0 Å². The zero-order valence-electron chi connectivity index (χ0n) is 15.9. The molecule has 2 N–H and O–H groups in total. The Morgan fingerprint density at radius 1 is 1.04 bits per heavy atom. The van der Waals surface area contributed by atoms with Crippen LogP contribution >= 0.6 is 11.6 Å². The van der Waals surface area contributed by atoms with Crippen LogP contribution in [-0.2, 0) is 6.54 Å². The predicted molar refractivity (Wildman–Crippen MR) is 111 cm³/mol. The van der Waals surface area contributed by atoms with Crippen LogP contribution in [-0.4, -0.2) is 24.6 Å². The van der Waals surface area contributed by atoms with Crippen molar-refractivity contribution in [2.75, 3.05) is 10.6 Å². The van der Waals surface area contributed by atoms with Gasteiger partial charge in [-0.05, 0) is 56.2 Å². The molecule has 0 aliphatic rings. The van der Waals surface area contributed by atoms with Gasteiger partial charge in [0.05, 0.1) is 12.2 Å². The van der Waals surface area contributed by atoms with Gasteiger partial charge in [0.25, 0.3) is 5.78 Å². The summed E-state index contributed by atoms with van der Waals surface area (Å²) in [6.07, 6.45) is 1.81. The minimum Gasteiger partial charge on any atom is -0.364 e. The third kappa shape index (κ3) is 3.89. The second-order valence-corrected chi connectivity index (χ2v) is 7.13. The highest BCUT2D eigenvalue weighted by molar-refractivity contribution is 6.30. The van der Waals surface area contributed by atoms with Gasteiger partial charge in [-0.1, -0.05) is 17.7 Å². The van der Waals surface area contributed by atoms with Crippen molar-refractivity contribution < 1.29 is 0 Å². The molecule has 0 saturated carbocycles. The molecule has 0 bridgehead atoms. The summed E-state index contributed by atoms with van der Waals surface area (Å²) in [5.74, 6) is 1.77. The monoisotopic (exact) mass is 393 g/mol. The minimum absolute atomic E-state index is 0.459. The van der Waals surface area contributed by atoms with Gasteiger partial charge in [0, 0.05) is 28.7 Å². The number of fused-ring (bicyclic) bond motifs is 1. The molecule has 1 aromatic carbocycles. The average Bonchev–Trinajstić information content (AvgIpc) is 3.05. The summed E-state index contributed by atoms with van der Waals surface area (Å²) in [6, 6.07) is 11.6. The molecule has 7 nitrogen and oxygen atoms in total. The Labute approximate surface area is 167 Å². The van der Waals surface area contributed by atoms with E-state index in [1.807, 2.05) is 57.3 Å². The fraction of sp³-hybridized carbons (Fsp3) is 0.200. The van der Waals surface area contributed by atoms with Crippen molar-refractivity contribution in [3.05, 3.63) is 70.1 Å². The molecule has 0 spiro atoms. The summed E-state index contributed by atoms with van der Waals surface area (Å²) in [5, 5.41) is 11.8. The molecule has 0 unspecified atom stereocenters. The highest BCUT2D eigenvalue weighted by Crippen LogP contribution is 2.23. The number of hydrogen-bond donors (Lipinski definition) is 2. The molecule has 0 atom stereocenters. The summed E-state index contributed by atoms with van der Waals surface area (Å²) < 4.78 is 1.69. The molecule has 0 aliphatic carbocycles. The number of hydrogen-bond acceptors (Lipinski definition) is 6. The number of halogens is 1. The highest BCUT2D eigenvalue weighted by Gasteiger charge is 2.11. The molecule has 28 heavy (non-hydrogen) atoms. The summed E-state index contributed by atoms with van der Waals surface area (Å²) in [7, 11) is 0. The van der Waals surface area contributed by atoms with Gasteiger partial charge < -0.3 is 10.6 Å². The van der Waals surface area contributed by atoms with E-state index in [0.717, 1.165) is 28.5 Å². The Bertz CT molecular complexity index is 1150. The molecule has 4 aromatic rings. The van der Waals surface area contributed by atoms with Gasteiger partial charge in [0.2, 0.25) is 5.95 Å². The van der Waals surface area contributed by atoms with Crippen LogP contribution in [0.25, 0.3) is 5.78 Å². The normalized spacial score (nSPS) is 11.0. The Kier molecular flexibility index (Phi) is 4.83. The molecule has 3 aromatic heterocycles. The number of nitrogens with zero attached hydrogens (tertiary/aromatic N) is 5. The van der Waals surface area contributed by atoms with Gasteiger partial charge in [-0.25, -0.2) is 4.98 Å². The third-order valence-electron chi connectivity index (χ3n) is 4.31. The molecule has 3 heterocycles. The number of anilines is 3. The van der Waals surface area contributed by atoms with Gasteiger partial charge in [0.1, 0.15) is 5.82 Å². The first-order valence-corrected chi connectivity index (χ1v) is 9.29. The van der Waals surface area contributed by atoms with Crippen molar-refractivity contribution in [2.45, 2.75) is 27.3 Å². The van der Waals surface area contributed by atoms with Gasteiger partial charge in [-0.15, -0.1) is 5.10 Å². The van der Waals surface area contributed by atoms with E-state index < -0.39 is 0 Å². The standard InChI is InChI=1S/C20H20ClN7/c1-12-6-7-22-16(8-12)11-23-18-9-14(3)24-20-26-19(27-28(18)20)25-17-10-15(21)5-4-13(17)2/h4-10,23H,11H2,1-3H3,(H,25,27). The van der Waals surface area contributed by atoms with Crippen molar-refractivity contribution >= 4 is 34.8 Å². The molecule has 142 valence electrons. The van der Waals surface area contributed by atoms with Crippen LogP contribution in [0.2, 0.25) is 5.02 Å². The Hall–Kier alpha value is -3.19. The van der Waals surface area contributed by atoms with Crippen LogP contribution in [0.4, 0.5) is 17.5 Å². The summed E-state index contributed by atoms with van der Waals surface area (Å²) in [6.45, 7) is 6.56. The SMILES string of the molecule is Cc1ccnc(CNc2cc(C)nc3nc(Nc4cc(Cl)ccc4C)nn23)c1. The van der Waals surface area contributed by atoms with Gasteiger partial charge in [0.15, 0.2) is 0 Å². The Morgan fingerprint density at radius 2 is 1.89 bits per heavy atom. The van der Waals surface area contributed by atoms with E-state index in [-0.39, 0.29) is 0 Å². The second-order valence-electron chi connectivity index (χ2n) is 6.69. The molecule has 0 aliphatic heterocycles. The topological polar surface area (TPSA) is 80.0 Å². The second kappa shape index (κ2) is 7.44. The molecule has 0 fully saturated rings. The van der Waals surface area contributed by atoms with E-state index in [1.54, 1.807) is 4.52 Å². The predicted octanol–water partition coefficient (Wildman–Crippen LogP) is 4.45. The zero-order chi connectivity index (χ0) is 19.7. The van der Waals surface area contributed by atoms with E-state index in [1.165, 1.54) is 5.56 Å². The molecule has 4 rings (SSSR count). The Morgan fingerprint density at radius 3 is 2.71 bits per heavy atom. The van der Waals surface area contributed by atoms with Gasteiger partial charge in [-0.3, -0.25) is 4.98 Å². The number of pyridine rings is 1. The molecule has 0 radical (unpaired) electrons. The maximum atomic E-state index is 6.10. The van der Waals surface area contributed by atoms with Crippen LogP contribution in [0.3, 0.4) is 0 Å². The van der Waals surface area contributed by atoms with Crippen LogP contribution in [0.1, 0.15) is 22.5 Å². The number of aromatic nitrogens is 5. The summed E-state index contributed by atoms with van der Waals surface area (Å²) in [5.41, 5.74) is 4.89. The lowest BCUT2D eigenvalue weighted by atomic mass is 10.2. The fourth-order valence-corrected chi connectivity index (χ4v) is 3.06. The van der Waals surface area contributed by atoms with Crippen molar-refractivity contribution in [3.63, 3.8) is 0 Å². The smallest absolute Gasteiger partial charge is 0.256 e. The van der Waals surface area contributed by atoms with E-state index in [4.69, 9.17) is 11.6 Å². The van der Waals surface area contributed by atoms with Crippen LogP contribution in [0.5, 0.6) is 0 Å². The number of benzene rings is 1. The van der Waals surface area contributed by atoms with E-state index >= 15 is 0 Å². The minimum atomic E-state index is 0.459. The lowest BCUT2D eigenvalue weighted by Crippen LogP contribution is -2.08. The summed E-state index contributed by atoms with van der Waals surface area (Å²) >= 11 is 6.10. The molecule has 0 amide bonds. The number of rotatable bonds is 5. The summed E-state index contributed by atoms with van der Waals surface area (Å²) in [4.78, 5) is 13.4. The number of aryl methyl sites for hydroxylation is 3. The number of nitrogens with one attached hydrogen (secondary N) is 2. The quantitative estimate of drug-likeness (QED) is 0.521. The van der Waals surface area contributed by atoms with E-state index in [0.29, 0.717) is 23.3 Å². The maximum Gasteiger partial charge on any atom is 0.256 e. The van der Waals surface area contributed by atoms with Crippen LogP contribution in [0, 0.1) is 20.8 Å². The highest BCUT2D eigenvalue weighted by atomic mass is 35.5.